The summed E-state index contributed by atoms with van der Waals surface area (Å²) in [7, 11) is 1.75. The molecule has 0 spiro atoms. The van der Waals surface area contributed by atoms with Crippen molar-refractivity contribution in [2.75, 3.05) is 5.32 Å². The summed E-state index contributed by atoms with van der Waals surface area (Å²) >= 11 is 12.3. The Morgan fingerprint density at radius 3 is 2.54 bits per heavy atom. The summed E-state index contributed by atoms with van der Waals surface area (Å²) in [5, 5.41) is 7.85. The first-order chi connectivity index (χ1) is 17.6. The van der Waals surface area contributed by atoms with E-state index in [1.807, 2.05) is 0 Å². The number of aryl methyl sites for hydroxylation is 2. The number of pyridine rings is 1. The Kier molecular flexibility index (Phi) is 6.26. The van der Waals surface area contributed by atoms with Gasteiger partial charge in [-0.2, -0.15) is 10.1 Å². The fourth-order valence-electron chi connectivity index (χ4n) is 3.86. The van der Waals surface area contributed by atoms with Crippen LogP contribution in [0.1, 0.15) is 11.1 Å². The van der Waals surface area contributed by atoms with Gasteiger partial charge in [-0.1, -0.05) is 23.2 Å². The zero-order chi connectivity index (χ0) is 26.4. The van der Waals surface area contributed by atoms with Crippen LogP contribution < -0.4 is 16.7 Å². The Labute approximate surface area is 217 Å². The highest BCUT2D eigenvalue weighted by Gasteiger charge is 2.19. The molecule has 0 aliphatic heterocycles. The van der Waals surface area contributed by atoms with Gasteiger partial charge < -0.3 is 5.32 Å². The number of rotatable bonds is 5. The van der Waals surface area contributed by atoms with Crippen LogP contribution in [0.2, 0.25) is 10.0 Å². The predicted molar refractivity (Wildman–Crippen MR) is 136 cm³/mol. The zero-order valence-corrected chi connectivity index (χ0v) is 20.8. The summed E-state index contributed by atoms with van der Waals surface area (Å²) in [4.78, 5) is 34.7. The van der Waals surface area contributed by atoms with Crippen molar-refractivity contribution in [3.05, 3.63) is 103 Å². The number of hydrogen-bond acceptors (Lipinski definition) is 6. The molecule has 2 aromatic carbocycles. The van der Waals surface area contributed by atoms with E-state index < -0.39 is 29.6 Å². The quantitative estimate of drug-likeness (QED) is 0.330. The first-order valence-corrected chi connectivity index (χ1v) is 11.6. The van der Waals surface area contributed by atoms with Gasteiger partial charge in [0.15, 0.2) is 0 Å². The molecule has 0 aliphatic rings. The molecule has 3 heterocycles. The number of hydrogen-bond donors (Lipinski definition) is 1. The van der Waals surface area contributed by atoms with Gasteiger partial charge in [-0.25, -0.2) is 22.9 Å². The third-order valence-electron chi connectivity index (χ3n) is 5.56. The number of nitrogens with one attached hydrogen (secondary N) is 1. The van der Waals surface area contributed by atoms with Crippen LogP contribution in [0.5, 0.6) is 0 Å². The molecule has 5 rings (SSSR count). The molecule has 0 amide bonds. The van der Waals surface area contributed by atoms with Crippen LogP contribution in [0.25, 0.3) is 16.6 Å². The average molecular weight is 544 g/mol. The van der Waals surface area contributed by atoms with E-state index in [1.54, 1.807) is 49.2 Å². The molecule has 0 atom stereocenters. The van der Waals surface area contributed by atoms with Crippen LogP contribution in [0.4, 0.5) is 20.4 Å². The monoisotopic (exact) mass is 543 g/mol. The Morgan fingerprint density at radius 1 is 1.00 bits per heavy atom. The molecule has 5 aromatic rings. The second-order valence-corrected chi connectivity index (χ2v) is 9.13. The van der Waals surface area contributed by atoms with Crippen molar-refractivity contribution in [3.8, 4) is 5.69 Å². The highest BCUT2D eigenvalue weighted by atomic mass is 35.5. The summed E-state index contributed by atoms with van der Waals surface area (Å²) in [5.74, 6) is -2.08. The summed E-state index contributed by atoms with van der Waals surface area (Å²) in [6, 6.07) is 6.56. The lowest BCUT2D eigenvalue weighted by molar-refractivity contribution is 0.559. The molecule has 1 N–H and O–H groups in total. The molecular formula is C24H17Cl2F2N7O2. The molecule has 9 nitrogen and oxygen atoms in total. The second kappa shape index (κ2) is 9.41. The highest BCUT2D eigenvalue weighted by Crippen LogP contribution is 2.29. The van der Waals surface area contributed by atoms with Crippen molar-refractivity contribution >= 4 is 45.7 Å². The standard InChI is InChI=1S/C24H17Cl2F2N7O2/c1-12-3-15(9-29-8-12)35-23(36)31-22(30-21-5-14-10-33(2)32-20(14)6-17(21)26)34(24(35)37)11-13-4-16(25)19(28)7-18(13)27/h3-10H,11H2,1-2H3,(H,30,31,36). The van der Waals surface area contributed by atoms with Gasteiger partial charge >= 0.3 is 11.4 Å². The first-order valence-electron chi connectivity index (χ1n) is 10.8. The van der Waals surface area contributed by atoms with Gasteiger partial charge in [0.25, 0.3) is 0 Å². The average Bonchev–Trinajstić information content (AvgIpc) is 3.18. The van der Waals surface area contributed by atoms with Crippen molar-refractivity contribution in [2.24, 2.45) is 7.05 Å². The molecule has 3 aromatic heterocycles. The second-order valence-electron chi connectivity index (χ2n) is 8.32. The minimum absolute atomic E-state index is 0.0975. The SMILES string of the molecule is Cc1cncc(-n2c(=O)nc(Nc3cc4cn(C)nc4cc3Cl)n(Cc3cc(Cl)c(F)cc3F)c2=O)c1. The van der Waals surface area contributed by atoms with E-state index in [4.69, 9.17) is 23.2 Å². The molecule has 0 radical (unpaired) electrons. The maximum absolute atomic E-state index is 14.6. The van der Waals surface area contributed by atoms with Crippen molar-refractivity contribution < 1.29 is 8.78 Å². The molecule has 13 heteroatoms. The van der Waals surface area contributed by atoms with Gasteiger partial charge in [0.2, 0.25) is 5.95 Å². The van der Waals surface area contributed by atoms with Gasteiger partial charge in [-0.15, -0.1) is 0 Å². The van der Waals surface area contributed by atoms with Gasteiger partial charge in [0.1, 0.15) is 11.6 Å². The van der Waals surface area contributed by atoms with Gasteiger partial charge in [-0.05, 0) is 36.8 Å². The molecule has 0 saturated heterocycles. The number of benzene rings is 2. The first kappa shape index (κ1) is 24.6. The number of halogens is 4. The molecule has 0 bridgehead atoms. The minimum Gasteiger partial charge on any atom is -0.324 e. The number of nitrogens with zero attached hydrogens (tertiary/aromatic N) is 6. The number of fused-ring (bicyclic) bond motifs is 1. The van der Waals surface area contributed by atoms with Crippen molar-refractivity contribution in [1.29, 1.82) is 0 Å². The van der Waals surface area contributed by atoms with Crippen LogP contribution in [-0.4, -0.2) is 28.9 Å². The molecular weight excluding hydrogens is 527 g/mol. The maximum Gasteiger partial charge on any atom is 0.359 e. The Hall–Kier alpha value is -4.09. The minimum atomic E-state index is -0.945. The van der Waals surface area contributed by atoms with Crippen molar-refractivity contribution in [3.63, 3.8) is 0 Å². The molecule has 0 unspecified atom stereocenters. The Balaban J connectivity index is 1.70. The zero-order valence-electron chi connectivity index (χ0n) is 19.3. The Morgan fingerprint density at radius 2 is 1.78 bits per heavy atom. The summed E-state index contributed by atoms with van der Waals surface area (Å²) in [6.07, 6.45) is 4.65. The van der Waals surface area contributed by atoms with Crippen LogP contribution >= 0.6 is 23.2 Å². The third kappa shape index (κ3) is 4.70. The van der Waals surface area contributed by atoms with Crippen LogP contribution in [-0.2, 0) is 13.6 Å². The van der Waals surface area contributed by atoms with Crippen LogP contribution in [0.3, 0.4) is 0 Å². The van der Waals surface area contributed by atoms with Gasteiger partial charge in [0.05, 0.1) is 39.7 Å². The van der Waals surface area contributed by atoms with E-state index >= 15 is 0 Å². The van der Waals surface area contributed by atoms with E-state index in [1.165, 1.54) is 6.20 Å². The smallest absolute Gasteiger partial charge is 0.324 e. The van der Waals surface area contributed by atoms with Gasteiger partial charge in [-0.3, -0.25) is 14.2 Å². The molecule has 0 fully saturated rings. The lowest BCUT2D eigenvalue weighted by atomic mass is 10.2. The fraction of sp³-hybridized carbons (Fsp3) is 0.125. The number of anilines is 2. The largest absolute Gasteiger partial charge is 0.359 e. The fourth-order valence-corrected chi connectivity index (χ4v) is 4.25. The highest BCUT2D eigenvalue weighted by molar-refractivity contribution is 6.34. The van der Waals surface area contributed by atoms with Crippen LogP contribution in [0.15, 0.2) is 58.5 Å². The lowest BCUT2D eigenvalue weighted by Gasteiger charge is -2.17. The number of aromatic nitrogens is 6. The predicted octanol–water partition coefficient (Wildman–Crippen LogP) is 4.36. The lowest BCUT2D eigenvalue weighted by Crippen LogP contribution is -2.42. The van der Waals surface area contributed by atoms with E-state index in [-0.39, 0.29) is 27.2 Å². The topological polar surface area (TPSA) is 99.6 Å². The molecule has 0 saturated carbocycles. The molecule has 0 aliphatic carbocycles. The molecule has 37 heavy (non-hydrogen) atoms. The molecule has 188 valence electrons. The van der Waals surface area contributed by atoms with Gasteiger partial charge in [0, 0.05) is 36.5 Å². The summed E-state index contributed by atoms with van der Waals surface area (Å²) in [6.45, 7) is 1.32. The van der Waals surface area contributed by atoms with Crippen molar-refractivity contribution in [1.82, 2.24) is 28.9 Å². The Bertz CT molecular complexity index is 1810. The normalized spacial score (nSPS) is 11.3. The third-order valence-corrected chi connectivity index (χ3v) is 6.16. The van der Waals surface area contributed by atoms with Crippen molar-refractivity contribution in [2.45, 2.75) is 13.5 Å². The van der Waals surface area contributed by atoms with Crippen LogP contribution in [0, 0.1) is 18.6 Å². The van der Waals surface area contributed by atoms with E-state index in [0.717, 1.165) is 20.6 Å². The van der Waals surface area contributed by atoms with E-state index in [9.17, 15) is 18.4 Å². The van der Waals surface area contributed by atoms with E-state index in [0.29, 0.717) is 22.8 Å². The summed E-state index contributed by atoms with van der Waals surface area (Å²) in [5.41, 5.74) is 0.00432. The van der Waals surface area contributed by atoms with E-state index in [2.05, 4.69) is 20.4 Å². The summed E-state index contributed by atoms with van der Waals surface area (Å²) < 4.78 is 31.8. The maximum atomic E-state index is 14.6.